The van der Waals surface area contributed by atoms with E-state index in [1.54, 1.807) is 4.31 Å². The van der Waals surface area contributed by atoms with Crippen LogP contribution in [0.15, 0.2) is 0 Å². The molecular weight excluding hydrogens is 212 g/mol. The molecule has 0 aromatic rings. The topological polar surface area (TPSA) is 63.4 Å². The molecular formula is C10H20N2O2S. The van der Waals surface area contributed by atoms with Crippen LogP contribution in [0.2, 0.25) is 0 Å². The molecule has 0 amide bonds. The van der Waals surface area contributed by atoms with Crippen molar-refractivity contribution in [3.8, 4) is 0 Å². The number of nitrogens with zero attached hydrogens (tertiary/aromatic N) is 1. The summed E-state index contributed by atoms with van der Waals surface area (Å²) >= 11 is 0. The molecule has 1 unspecified atom stereocenters. The van der Waals surface area contributed by atoms with Gasteiger partial charge in [0.2, 0.25) is 10.0 Å². The van der Waals surface area contributed by atoms with Crippen LogP contribution in [0.4, 0.5) is 0 Å². The average molecular weight is 232 g/mol. The van der Waals surface area contributed by atoms with Crippen molar-refractivity contribution in [3.63, 3.8) is 0 Å². The van der Waals surface area contributed by atoms with Gasteiger partial charge in [-0.1, -0.05) is 0 Å². The summed E-state index contributed by atoms with van der Waals surface area (Å²) in [6.07, 6.45) is 3.55. The third-order valence-corrected chi connectivity index (χ3v) is 5.95. The van der Waals surface area contributed by atoms with E-state index in [0.29, 0.717) is 19.0 Å². The van der Waals surface area contributed by atoms with Crippen LogP contribution in [0.25, 0.3) is 0 Å². The molecule has 88 valence electrons. The molecule has 2 fully saturated rings. The van der Waals surface area contributed by atoms with Gasteiger partial charge in [0.15, 0.2) is 0 Å². The summed E-state index contributed by atoms with van der Waals surface area (Å²) in [4.78, 5) is 0. The summed E-state index contributed by atoms with van der Waals surface area (Å²) in [5.41, 5.74) is 5.83. The predicted octanol–water partition coefficient (Wildman–Crippen LogP) is 0.538. The first kappa shape index (κ1) is 11.4. The molecule has 1 aliphatic heterocycles. The Hall–Kier alpha value is -0.130. The van der Waals surface area contributed by atoms with Crippen molar-refractivity contribution in [2.24, 2.45) is 11.7 Å². The molecule has 5 heteroatoms. The highest BCUT2D eigenvalue weighted by atomic mass is 32.2. The lowest BCUT2D eigenvalue weighted by Crippen LogP contribution is -2.43. The number of sulfonamides is 1. The minimum atomic E-state index is -2.95. The fourth-order valence-corrected chi connectivity index (χ4v) is 4.11. The molecule has 15 heavy (non-hydrogen) atoms. The van der Waals surface area contributed by atoms with E-state index >= 15 is 0 Å². The lowest BCUT2D eigenvalue weighted by Gasteiger charge is -2.32. The molecule has 4 nitrogen and oxygen atoms in total. The Morgan fingerprint density at radius 2 is 1.73 bits per heavy atom. The lowest BCUT2D eigenvalue weighted by atomic mass is 9.92. The van der Waals surface area contributed by atoms with Crippen molar-refractivity contribution < 1.29 is 8.42 Å². The summed E-state index contributed by atoms with van der Waals surface area (Å²) in [6.45, 7) is 3.35. The van der Waals surface area contributed by atoms with Gasteiger partial charge in [0, 0.05) is 19.1 Å². The molecule has 0 spiro atoms. The van der Waals surface area contributed by atoms with E-state index in [1.165, 1.54) is 0 Å². The van der Waals surface area contributed by atoms with Crippen molar-refractivity contribution in [1.82, 2.24) is 4.31 Å². The molecule has 1 saturated heterocycles. The third-order valence-electron chi connectivity index (χ3n) is 3.55. The van der Waals surface area contributed by atoms with Crippen molar-refractivity contribution in [1.29, 1.82) is 0 Å². The third kappa shape index (κ3) is 2.34. The molecule has 0 radical (unpaired) electrons. The van der Waals surface area contributed by atoms with Gasteiger partial charge in [0.05, 0.1) is 5.25 Å². The van der Waals surface area contributed by atoms with Crippen LogP contribution in [0.3, 0.4) is 0 Å². The van der Waals surface area contributed by atoms with Gasteiger partial charge in [-0.25, -0.2) is 12.7 Å². The van der Waals surface area contributed by atoms with Gasteiger partial charge in [-0.15, -0.1) is 0 Å². The molecule has 1 aliphatic carbocycles. The molecule has 1 saturated carbocycles. The monoisotopic (exact) mass is 232 g/mol. The highest BCUT2D eigenvalue weighted by molar-refractivity contribution is 7.90. The molecule has 1 heterocycles. The van der Waals surface area contributed by atoms with E-state index in [4.69, 9.17) is 5.73 Å². The maximum absolute atomic E-state index is 11.9. The smallest absolute Gasteiger partial charge is 0.216 e. The van der Waals surface area contributed by atoms with Gasteiger partial charge >= 0.3 is 0 Å². The second kappa shape index (κ2) is 4.03. The standard InChI is InChI=1S/C10H20N2O2S/c1-8(11)9-4-6-12(7-5-9)15(13,14)10-2-3-10/h8-10H,2-7,11H2,1H3. The number of rotatable bonds is 3. The summed E-state index contributed by atoms with van der Waals surface area (Å²) < 4.78 is 25.5. The molecule has 2 rings (SSSR count). The van der Waals surface area contributed by atoms with Gasteiger partial charge in [0.1, 0.15) is 0 Å². The Labute approximate surface area is 91.9 Å². The zero-order chi connectivity index (χ0) is 11.1. The minimum absolute atomic E-state index is 0.0654. The molecule has 0 aromatic carbocycles. The summed E-state index contributed by atoms with van der Waals surface area (Å²) in [6, 6.07) is 0.191. The predicted molar refractivity (Wildman–Crippen MR) is 59.9 cm³/mol. The van der Waals surface area contributed by atoms with E-state index in [9.17, 15) is 8.42 Å². The second-order valence-electron chi connectivity index (χ2n) is 4.84. The zero-order valence-corrected chi connectivity index (χ0v) is 10.0. The van der Waals surface area contributed by atoms with Crippen LogP contribution in [0.1, 0.15) is 32.6 Å². The van der Waals surface area contributed by atoms with E-state index in [2.05, 4.69) is 0 Å². The number of nitrogens with two attached hydrogens (primary N) is 1. The fourth-order valence-electron chi connectivity index (χ4n) is 2.23. The lowest BCUT2D eigenvalue weighted by molar-refractivity contribution is 0.250. The van der Waals surface area contributed by atoms with E-state index in [-0.39, 0.29) is 11.3 Å². The SMILES string of the molecule is CC(N)C1CCN(S(=O)(=O)C2CC2)CC1. The van der Waals surface area contributed by atoms with Gasteiger partial charge < -0.3 is 5.73 Å². The van der Waals surface area contributed by atoms with Crippen LogP contribution in [-0.2, 0) is 10.0 Å². The molecule has 0 bridgehead atoms. The van der Waals surface area contributed by atoms with Gasteiger partial charge in [0.25, 0.3) is 0 Å². The van der Waals surface area contributed by atoms with Crippen LogP contribution < -0.4 is 5.73 Å². The molecule has 0 aromatic heterocycles. The zero-order valence-electron chi connectivity index (χ0n) is 9.22. The van der Waals surface area contributed by atoms with Crippen LogP contribution in [-0.4, -0.2) is 37.1 Å². The number of hydrogen-bond donors (Lipinski definition) is 1. The first-order valence-electron chi connectivity index (χ1n) is 5.76. The normalized spacial score (nSPS) is 27.9. The number of piperidine rings is 1. The van der Waals surface area contributed by atoms with Crippen molar-refractivity contribution in [3.05, 3.63) is 0 Å². The molecule has 2 N–H and O–H groups in total. The van der Waals surface area contributed by atoms with Gasteiger partial charge in [-0.2, -0.15) is 0 Å². The van der Waals surface area contributed by atoms with E-state index in [0.717, 1.165) is 25.7 Å². The fraction of sp³-hybridized carbons (Fsp3) is 1.00. The summed E-state index contributed by atoms with van der Waals surface area (Å²) in [7, 11) is -2.95. The van der Waals surface area contributed by atoms with Gasteiger partial charge in [-0.3, -0.25) is 0 Å². The van der Waals surface area contributed by atoms with Crippen molar-refractivity contribution >= 4 is 10.0 Å². The van der Waals surface area contributed by atoms with Crippen molar-refractivity contribution in [2.45, 2.75) is 43.9 Å². The van der Waals surface area contributed by atoms with Crippen molar-refractivity contribution in [2.75, 3.05) is 13.1 Å². The Balaban J connectivity index is 1.93. The van der Waals surface area contributed by atoms with Gasteiger partial charge in [-0.05, 0) is 38.5 Å². The van der Waals surface area contributed by atoms with Crippen LogP contribution in [0, 0.1) is 5.92 Å². The minimum Gasteiger partial charge on any atom is -0.328 e. The summed E-state index contributed by atoms with van der Waals surface area (Å²) in [5.74, 6) is 0.496. The number of hydrogen-bond acceptors (Lipinski definition) is 3. The second-order valence-corrected chi connectivity index (χ2v) is 7.05. The molecule has 1 atom stereocenters. The van der Waals surface area contributed by atoms with Crippen LogP contribution >= 0.6 is 0 Å². The maximum atomic E-state index is 11.9. The maximum Gasteiger partial charge on any atom is 0.216 e. The first-order valence-corrected chi connectivity index (χ1v) is 7.26. The highest BCUT2D eigenvalue weighted by Gasteiger charge is 2.41. The van der Waals surface area contributed by atoms with Crippen LogP contribution in [0.5, 0.6) is 0 Å². The average Bonchev–Trinajstić information content (AvgIpc) is 3.01. The molecule has 2 aliphatic rings. The van der Waals surface area contributed by atoms with E-state index in [1.807, 2.05) is 6.92 Å². The largest absolute Gasteiger partial charge is 0.328 e. The Bertz CT molecular complexity index is 314. The Kier molecular flexibility index (Phi) is 3.05. The highest BCUT2D eigenvalue weighted by Crippen LogP contribution is 2.33. The Morgan fingerprint density at radius 1 is 1.20 bits per heavy atom. The first-order chi connectivity index (χ1) is 7.01. The summed E-state index contributed by atoms with van der Waals surface area (Å²) in [5, 5.41) is -0.0654. The Morgan fingerprint density at radius 3 is 2.13 bits per heavy atom. The quantitative estimate of drug-likeness (QED) is 0.772. The van der Waals surface area contributed by atoms with E-state index < -0.39 is 10.0 Å².